The fourth-order valence-corrected chi connectivity index (χ4v) is 2.65. The van der Waals surface area contributed by atoms with Gasteiger partial charge < -0.3 is 10.4 Å². The first-order valence-corrected chi connectivity index (χ1v) is 6.43. The van der Waals surface area contributed by atoms with Gasteiger partial charge in [0.05, 0.1) is 12.1 Å². The molecule has 2 atom stereocenters. The lowest BCUT2D eigenvalue weighted by Gasteiger charge is -2.30. The van der Waals surface area contributed by atoms with E-state index in [0.29, 0.717) is 6.04 Å². The Morgan fingerprint density at radius 1 is 0.833 bits per heavy atom. The van der Waals surface area contributed by atoms with Crippen molar-refractivity contribution in [1.82, 2.24) is 0 Å². The van der Waals surface area contributed by atoms with Gasteiger partial charge in [-0.15, -0.1) is 0 Å². The number of rotatable bonds is 2. The summed E-state index contributed by atoms with van der Waals surface area (Å²) >= 11 is 0. The molecule has 0 aliphatic heterocycles. The topological polar surface area (TPSA) is 32.3 Å². The summed E-state index contributed by atoms with van der Waals surface area (Å²) in [7, 11) is 0. The van der Waals surface area contributed by atoms with Crippen LogP contribution in [0.3, 0.4) is 0 Å². The van der Waals surface area contributed by atoms with Gasteiger partial charge in [0.2, 0.25) is 0 Å². The third-order valence-electron chi connectivity index (χ3n) is 3.57. The normalized spacial score (nSPS) is 22.3. The quantitative estimate of drug-likeness (QED) is 0.838. The zero-order valence-corrected chi connectivity index (χ0v) is 10.2. The molecular weight excluding hydrogens is 222 g/mol. The maximum absolute atomic E-state index is 10.0. The molecule has 0 amide bonds. The van der Waals surface area contributed by atoms with Crippen molar-refractivity contribution in [2.45, 2.75) is 25.0 Å². The van der Waals surface area contributed by atoms with E-state index in [4.69, 9.17) is 0 Å². The summed E-state index contributed by atoms with van der Waals surface area (Å²) in [5, 5.41) is 13.6. The van der Waals surface area contributed by atoms with Crippen LogP contribution in [-0.2, 0) is 0 Å². The van der Waals surface area contributed by atoms with Crippen molar-refractivity contribution >= 4 is 5.69 Å². The predicted molar refractivity (Wildman–Crippen MR) is 73.4 cm³/mol. The fraction of sp³-hybridized carbons (Fsp3) is 0.250. The van der Waals surface area contributed by atoms with Gasteiger partial charge in [0, 0.05) is 5.69 Å². The highest BCUT2D eigenvalue weighted by Crippen LogP contribution is 2.37. The molecule has 92 valence electrons. The molecule has 2 nitrogen and oxygen atoms in total. The smallest absolute Gasteiger partial charge is 0.0794 e. The minimum atomic E-state index is -0.310. The summed E-state index contributed by atoms with van der Waals surface area (Å²) in [5.74, 6) is 0. The maximum atomic E-state index is 10.0. The molecule has 0 spiro atoms. The number of fused-ring (bicyclic) bond motifs is 1. The summed E-state index contributed by atoms with van der Waals surface area (Å²) in [5.41, 5.74) is 3.42. The van der Waals surface area contributed by atoms with Crippen LogP contribution < -0.4 is 5.32 Å². The highest BCUT2D eigenvalue weighted by Gasteiger charge is 2.25. The van der Waals surface area contributed by atoms with Crippen molar-refractivity contribution in [1.29, 1.82) is 0 Å². The molecule has 0 saturated heterocycles. The van der Waals surface area contributed by atoms with Gasteiger partial charge >= 0.3 is 0 Å². The molecule has 2 aromatic carbocycles. The van der Waals surface area contributed by atoms with E-state index in [-0.39, 0.29) is 6.10 Å². The maximum Gasteiger partial charge on any atom is 0.0794 e. The standard InChI is InChI=1S/C16H17NO/c18-16-11-10-15(13-8-4-5-9-14(13)16)17-12-6-2-1-3-7-12/h1-9,15-18H,10-11H2. The van der Waals surface area contributed by atoms with E-state index in [9.17, 15) is 5.11 Å². The number of anilines is 1. The van der Waals surface area contributed by atoms with Gasteiger partial charge in [-0.1, -0.05) is 42.5 Å². The average Bonchev–Trinajstić information content (AvgIpc) is 2.44. The number of hydrogen-bond acceptors (Lipinski definition) is 2. The second-order valence-corrected chi connectivity index (χ2v) is 4.79. The molecule has 0 fully saturated rings. The summed E-state index contributed by atoms with van der Waals surface area (Å²) in [4.78, 5) is 0. The largest absolute Gasteiger partial charge is 0.388 e. The SMILES string of the molecule is OC1CCC(Nc2ccccc2)c2ccccc21. The van der Waals surface area contributed by atoms with Crippen LogP contribution in [0.1, 0.15) is 36.1 Å². The monoisotopic (exact) mass is 239 g/mol. The molecule has 18 heavy (non-hydrogen) atoms. The molecule has 2 unspecified atom stereocenters. The van der Waals surface area contributed by atoms with Crippen LogP contribution in [0.2, 0.25) is 0 Å². The molecule has 1 aliphatic rings. The van der Waals surface area contributed by atoms with Gasteiger partial charge in [-0.3, -0.25) is 0 Å². The van der Waals surface area contributed by atoms with Gasteiger partial charge in [0.15, 0.2) is 0 Å². The molecule has 0 heterocycles. The fourth-order valence-electron chi connectivity index (χ4n) is 2.65. The van der Waals surface area contributed by atoms with Gasteiger partial charge in [0.1, 0.15) is 0 Å². The number of benzene rings is 2. The minimum Gasteiger partial charge on any atom is -0.388 e. The van der Waals surface area contributed by atoms with Crippen LogP contribution in [0, 0.1) is 0 Å². The molecule has 1 aliphatic carbocycles. The Balaban J connectivity index is 1.89. The Labute approximate surface area is 107 Å². The average molecular weight is 239 g/mol. The van der Waals surface area contributed by atoms with Crippen LogP contribution in [0.4, 0.5) is 5.69 Å². The van der Waals surface area contributed by atoms with Crippen molar-refractivity contribution in [3.63, 3.8) is 0 Å². The second-order valence-electron chi connectivity index (χ2n) is 4.79. The van der Waals surface area contributed by atoms with Crippen molar-refractivity contribution < 1.29 is 5.11 Å². The van der Waals surface area contributed by atoms with E-state index >= 15 is 0 Å². The first kappa shape index (κ1) is 11.3. The Kier molecular flexibility index (Phi) is 3.03. The highest BCUT2D eigenvalue weighted by molar-refractivity contribution is 5.47. The Bertz CT molecular complexity index is 524. The zero-order valence-electron chi connectivity index (χ0n) is 10.2. The van der Waals surface area contributed by atoms with Crippen LogP contribution in [0.15, 0.2) is 54.6 Å². The van der Waals surface area contributed by atoms with Crippen LogP contribution >= 0.6 is 0 Å². The molecule has 3 rings (SSSR count). The molecule has 2 heteroatoms. The van der Waals surface area contributed by atoms with Crippen LogP contribution in [0.5, 0.6) is 0 Å². The van der Waals surface area contributed by atoms with Gasteiger partial charge in [-0.25, -0.2) is 0 Å². The van der Waals surface area contributed by atoms with Gasteiger partial charge in [0.25, 0.3) is 0 Å². The molecular formula is C16H17NO. The van der Waals surface area contributed by atoms with Crippen LogP contribution in [0.25, 0.3) is 0 Å². The third-order valence-corrected chi connectivity index (χ3v) is 3.57. The van der Waals surface area contributed by atoms with Gasteiger partial charge in [-0.05, 0) is 36.1 Å². The van der Waals surface area contributed by atoms with E-state index in [1.165, 1.54) is 5.56 Å². The number of aliphatic hydroxyl groups is 1. The molecule has 0 radical (unpaired) electrons. The lowest BCUT2D eigenvalue weighted by atomic mass is 9.85. The molecule has 0 saturated carbocycles. The Morgan fingerprint density at radius 2 is 1.50 bits per heavy atom. The van der Waals surface area contributed by atoms with Crippen molar-refractivity contribution in [3.05, 3.63) is 65.7 Å². The van der Waals surface area contributed by atoms with E-state index in [0.717, 1.165) is 24.1 Å². The van der Waals surface area contributed by atoms with E-state index in [1.54, 1.807) is 0 Å². The first-order chi connectivity index (χ1) is 8.84. The molecule has 0 aromatic heterocycles. The number of aliphatic hydroxyl groups excluding tert-OH is 1. The predicted octanol–water partition coefficient (Wildman–Crippen LogP) is 3.67. The summed E-state index contributed by atoms with van der Waals surface area (Å²) in [6, 6.07) is 18.7. The third kappa shape index (κ3) is 2.12. The lowest BCUT2D eigenvalue weighted by Crippen LogP contribution is -2.20. The molecule has 2 N–H and O–H groups in total. The van der Waals surface area contributed by atoms with Crippen molar-refractivity contribution in [3.8, 4) is 0 Å². The molecule has 2 aromatic rings. The minimum absolute atomic E-state index is 0.298. The number of nitrogens with one attached hydrogen (secondary N) is 1. The first-order valence-electron chi connectivity index (χ1n) is 6.43. The Morgan fingerprint density at radius 3 is 2.28 bits per heavy atom. The summed E-state index contributed by atoms with van der Waals surface area (Å²) in [6.07, 6.45) is 1.48. The van der Waals surface area contributed by atoms with E-state index in [2.05, 4.69) is 23.5 Å². The Hall–Kier alpha value is -1.80. The zero-order chi connectivity index (χ0) is 12.4. The lowest BCUT2D eigenvalue weighted by molar-refractivity contribution is 0.152. The summed E-state index contributed by atoms with van der Waals surface area (Å²) < 4.78 is 0. The van der Waals surface area contributed by atoms with E-state index in [1.807, 2.05) is 36.4 Å². The molecule has 0 bridgehead atoms. The van der Waals surface area contributed by atoms with Crippen molar-refractivity contribution in [2.24, 2.45) is 0 Å². The number of para-hydroxylation sites is 1. The second kappa shape index (κ2) is 4.83. The number of hydrogen-bond donors (Lipinski definition) is 2. The van der Waals surface area contributed by atoms with Gasteiger partial charge in [-0.2, -0.15) is 0 Å². The van der Waals surface area contributed by atoms with E-state index < -0.39 is 0 Å². The highest BCUT2D eigenvalue weighted by atomic mass is 16.3. The van der Waals surface area contributed by atoms with Crippen LogP contribution in [-0.4, -0.2) is 5.11 Å². The van der Waals surface area contributed by atoms with Crippen molar-refractivity contribution in [2.75, 3.05) is 5.32 Å². The summed E-state index contributed by atoms with van der Waals surface area (Å²) in [6.45, 7) is 0.